The van der Waals surface area contributed by atoms with Crippen LogP contribution >= 0.6 is 19.2 Å². The number of halogens is 3. The summed E-state index contributed by atoms with van der Waals surface area (Å²) in [7, 11) is -4.76. The van der Waals surface area contributed by atoms with Crippen molar-refractivity contribution in [1.82, 2.24) is 10.2 Å². The van der Waals surface area contributed by atoms with Crippen LogP contribution in [-0.2, 0) is 20.8 Å². The lowest BCUT2D eigenvalue weighted by Crippen LogP contribution is -2.37. The zero-order chi connectivity index (χ0) is 26.4. The van der Waals surface area contributed by atoms with Gasteiger partial charge in [-0.05, 0) is 50.1 Å². The van der Waals surface area contributed by atoms with Crippen LogP contribution in [0.15, 0.2) is 48.5 Å². The van der Waals surface area contributed by atoms with E-state index in [-0.39, 0.29) is 27.9 Å². The number of ether oxygens (including phenoxy) is 2. The van der Waals surface area contributed by atoms with Gasteiger partial charge in [-0.2, -0.15) is 13.2 Å². The minimum absolute atomic E-state index is 0.0780. The lowest BCUT2D eigenvalue weighted by molar-refractivity contribution is -0.138. The van der Waals surface area contributed by atoms with Gasteiger partial charge in [-0.15, -0.1) is 10.2 Å². The van der Waals surface area contributed by atoms with Gasteiger partial charge in [0.1, 0.15) is 21.5 Å². The molecule has 0 spiro atoms. The zero-order valence-electron chi connectivity index (χ0n) is 19.1. The third-order valence-electron chi connectivity index (χ3n) is 4.79. The van der Waals surface area contributed by atoms with E-state index in [2.05, 4.69) is 14.7 Å². The Kier molecular flexibility index (Phi) is 9.09. The molecule has 0 saturated heterocycles. The standard InChI is InChI=1S/C22H25F3N3O6PS/c1-21(26,14-34-35(29,30)31)20-28-27-19(36-20)15-9-10-18(17(13-15)22(23,24)25)33-12-6-5-11-32-16-7-3-2-4-8-16/h2-4,7-10,13H,5-6,11-12,14,26H2,1H3,(H2,29,30,31)/t21-/m0/s1. The minimum Gasteiger partial charge on any atom is -0.494 e. The third kappa shape index (κ3) is 8.26. The van der Waals surface area contributed by atoms with Gasteiger partial charge >= 0.3 is 14.0 Å². The van der Waals surface area contributed by atoms with Crippen molar-refractivity contribution in [3.8, 4) is 22.1 Å². The van der Waals surface area contributed by atoms with Crippen LogP contribution in [0.4, 0.5) is 13.2 Å². The summed E-state index contributed by atoms with van der Waals surface area (Å²) in [6, 6.07) is 12.8. The number of phosphoric acid groups is 1. The van der Waals surface area contributed by atoms with Gasteiger partial charge in [-0.3, -0.25) is 4.52 Å². The van der Waals surface area contributed by atoms with Gasteiger partial charge in [0.15, 0.2) is 0 Å². The largest absolute Gasteiger partial charge is 0.494 e. The van der Waals surface area contributed by atoms with Gasteiger partial charge in [0, 0.05) is 5.56 Å². The highest BCUT2D eigenvalue weighted by Gasteiger charge is 2.35. The normalized spacial score (nSPS) is 13.9. The van der Waals surface area contributed by atoms with E-state index in [1.54, 1.807) is 0 Å². The topological polar surface area (TPSA) is 137 Å². The Hall–Kier alpha value is -2.54. The molecule has 0 bridgehead atoms. The highest BCUT2D eigenvalue weighted by atomic mass is 32.1. The van der Waals surface area contributed by atoms with Crippen molar-refractivity contribution in [2.45, 2.75) is 31.5 Å². The minimum atomic E-state index is -4.76. The maximum Gasteiger partial charge on any atom is 0.469 e. The summed E-state index contributed by atoms with van der Waals surface area (Å²) in [5.74, 6) is 0.413. The Morgan fingerprint density at radius 3 is 2.33 bits per heavy atom. The Balaban J connectivity index is 1.64. The number of rotatable bonds is 12. The van der Waals surface area contributed by atoms with Crippen LogP contribution in [0.2, 0.25) is 0 Å². The van der Waals surface area contributed by atoms with Crippen LogP contribution in [0.25, 0.3) is 10.6 Å². The monoisotopic (exact) mass is 547 g/mol. The van der Waals surface area contributed by atoms with Crippen molar-refractivity contribution in [1.29, 1.82) is 0 Å². The lowest BCUT2D eigenvalue weighted by atomic mass is 10.1. The SMILES string of the molecule is C[C@](N)(COP(=O)(O)O)c1nnc(-c2ccc(OCCCCOc3ccccc3)c(C(F)(F)F)c2)s1. The van der Waals surface area contributed by atoms with Crippen molar-refractivity contribution in [3.63, 3.8) is 0 Å². The maximum absolute atomic E-state index is 13.7. The highest BCUT2D eigenvalue weighted by molar-refractivity contribution is 7.46. The predicted octanol–water partition coefficient (Wildman–Crippen LogP) is 4.75. The molecule has 9 nitrogen and oxygen atoms in total. The van der Waals surface area contributed by atoms with Crippen molar-refractivity contribution in [3.05, 3.63) is 59.1 Å². The molecule has 0 aliphatic rings. The van der Waals surface area contributed by atoms with Crippen LogP contribution in [0.5, 0.6) is 11.5 Å². The van der Waals surface area contributed by atoms with Gasteiger partial charge in [0.05, 0.1) is 30.9 Å². The molecular formula is C22H25F3N3O6PS. The molecule has 1 heterocycles. The average molecular weight is 547 g/mol. The first-order valence-corrected chi connectivity index (χ1v) is 13.0. The second-order valence-electron chi connectivity index (χ2n) is 8.02. The second kappa shape index (κ2) is 11.7. The smallest absolute Gasteiger partial charge is 0.469 e. The van der Waals surface area contributed by atoms with Gasteiger partial charge in [-0.1, -0.05) is 29.5 Å². The molecule has 0 saturated carbocycles. The number of nitrogens with two attached hydrogens (primary N) is 1. The Bertz CT molecular complexity index is 1190. The molecule has 0 amide bonds. The number of nitrogens with zero attached hydrogens (tertiary/aromatic N) is 2. The Morgan fingerprint density at radius 1 is 1.03 bits per heavy atom. The summed E-state index contributed by atoms with van der Waals surface area (Å²) >= 11 is 0.892. The first-order valence-electron chi connectivity index (χ1n) is 10.7. The molecule has 0 aliphatic carbocycles. The Morgan fingerprint density at radius 2 is 1.69 bits per heavy atom. The summed E-state index contributed by atoms with van der Waals surface area (Å²) in [6.45, 7) is 1.34. The predicted molar refractivity (Wildman–Crippen MR) is 127 cm³/mol. The van der Waals surface area contributed by atoms with E-state index >= 15 is 0 Å². The number of unbranched alkanes of at least 4 members (excludes halogenated alkanes) is 1. The number of alkyl halides is 3. The molecule has 4 N–H and O–H groups in total. The van der Waals surface area contributed by atoms with Crippen molar-refractivity contribution < 1.29 is 41.5 Å². The zero-order valence-corrected chi connectivity index (χ0v) is 20.9. The van der Waals surface area contributed by atoms with E-state index in [0.29, 0.717) is 19.4 Å². The summed E-state index contributed by atoms with van der Waals surface area (Å²) in [6.07, 6.45) is -3.57. The molecule has 36 heavy (non-hydrogen) atoms. The van der Waals surface area contributed by atoms with Crippen molar-refractivity contribution in [2.75, 3.05) is 19.8 Å². The van der Waals surface area contributed by atoms with E-state index in [1.165, 1.54) is 19.1 Å². The summed E-state index contributed by atoms with van der Waals surface area (Å²) in [4.78, 5) is 17.7. The number of hydrogen-bond acceptors (Lipinski definition) is 8. The summed E-state index contributed by atoms with van der Waals surface area (Å²) in [5, 5.41) is 8.04. The van der Waals surface area contributed by atoms with E-state index in [1.807, 2.05) is 30.3 Å². The van der Waals surface area contributed by atoms with Gasteiger partial charge in [0.25, 0.3) is 0 Å². The second-order valence-corrected chi connectivity index (χ2v) is 10.2. The quantitative estimate of drug-likeness (QED) is 0.217. The Labute approximate surface area is 209 Å². The first-order chi connectivity index (χ1) is 16.9. The number of benzene rings is 2. The van der Waals surface area contributed by atoms with Gasteiger partial charge < -0.3 is 25.0 Å². The molecule has 2 aromatic carbocycles. The molecule has 14 heteroatoms. The first kappa shape index (κ1) is 28.0. The third-order valence-corrected chi connectivity index (χ3v) is 6.50. The summed E-state index contributed by atoms with van der Waals surface area (Å²) < 4.78 is 67.5. The lowest BCUT2D eigenvalue weighted by Gasteiger charge is -2.21. The number of aromatic nitrogens is 2. The van der Waals surface area contributed by atoms with Crippen LogP contribution < -0.4 is 15.2 Å². The van der Waals surface area contributed by atoms with Crippen LogP contribution in [0.3, 0.4) is 0 Å². The van der Waals surface area contributed by atoms with E-state index in [9.17, 15) is 17.7 Å². The van der Waals surface area contributed by atoms with Crippen LogP contribution in [-0.4, -0.2) is 39.8 Å². The van der Waals surface area contributed by atoms with Crippen LogP contribution in [0.1, 0.15) is 30.3 Å². The number of para-hydroxylation sites is 1. The van der Waals surface area contributed by atoms with Gasteiger partial charge in [-0.25, -0.2) is 4.57 Å². The van der Waals surface area contributed by atoms with E-state index < -0.39 is 31.7 Å². The fourth-order valence-corrected chi connectivity index (χ4v) is 4.27. The van der Waals surface area contributed by atoms with Crippen molar-refractivity contribution >= 4 is 19.2 Å². The fraction of sp³-hybridized carbons (Fsp3) is 0.364. The number of phosphoric ester groups is 1. The molecule has 0 unspecified atom stereocenters. The average Bonchev–Trinajstić information content (AvgIpc) is 3.31. The molecule has 0 aliphatic heterocycles. The molecule has 3 aromatic rings. The van der Waals surface area contributed by atoms with Gasteiger partial charge in [0.2, 0.25) is 0 Å². The number of hydrogen-bond donors (Lipinski definition) is 3. The highest BCUT2D eigenvalue weighted by Crippen LogP contribution is 2.41. The van der Waals surface area contributed by atoms with Crippen molar-refractivity contribution in [2.24, 2.45) is 5.73 Å². The molecule has 1 atom stereocenters. The van der Waals surface area contributed by atoms with E-state index in [0.717, 1.165) is 23.2 Å². The van der Waals surface area contributed by atoms with E-state index in [4.69, 9.17) is 25.0 Å². The maximum atomic E-state index is 13.7. The molecule has 0 fully saturated rings. The fourth-order valence-electron chi connectivity index (χ4n) is 2.95. The molecule has 1 aromatic heterocycles. The summed E-state index contributed by atoms with van der Waals surface area (Å²) in [5.41, 5.74) is 3.77. The molecule has 196 valence electrons. The molecule has 3 rings (SSSR count). The molecule has 0 radical (unpaired) electrons. The molecular weight excluding hydrogens is 522 g/mol. The van der Waals surface area contributed by atoms with Crippen LogP contribution in [0, 0.1) is 0 Å².